The van der Waals surface area contributed by atoms with Crippen molar-refractivity contribution in [2.75, 3.05) is 13.7 Å². The number of nitrogens with zero attached hydrogens (tertiary/aromatic N) is 1. The van der Waals surface area contributed by atoms with Crippen LogP contribution in [0, 0.1) is 5.92 Å². The second-order valence-corrected chi connectivity index (χ2v) is 6.29. The Bertz CT molecular complexity index is 416. The zero-order valence-electron chi connectivity index (χ0n) is 13.2. The van der Waals surface area contributed by atoms with Crippen LogP contribution in [0.1, 0.15) is 45.2 Å². The maximum absolute atomic E-state index is 6.29. The van der Waals surface area contributed by atoms with E-state index in [4.69, 9.17) is 10.5 Å². The summed E-state index contributed by atoms with van der Waals surface area (Å²) in [6, 6.07) is 9.37. The molecule has 1 aromatic rings. The Balaban J connectivity index is 2.21. The van der Waals surface area contributed by atoms with Crippen LogP contribution in [0.2, 0.25) is 0 Å². The summed E-state index contributed by atoms with van der Waals surface area (Å²) in [6.45, 7) is 7.93. The van der Waals surface area contributed by atoms with Crippen molar-refractivity contribution in [3.8, 4) is 5.75 Å². The van der Waals surface area contributed by atoms with Crippen molar-refractivity contribution >= 4 is 0 Å². The van der Waals surface area contributed by atoms with E-state index >= 15 is 0 Å². The fourth-order valence-electron chi connectivity index (χ4n) is 3.44. The molecule has 3 nitrogen and oxygen atoms in total. The molecule has 1 saturated heterocycles. The number of piperidine rings is 1. The molecule has 2 rings (SSSR count). The van der Waals surface area contributed by atoms with E-state index in [2.05, 4.69) is 37.8 Å². The number of hydrogen-bond acceptors (Lipinski definition) is 3. The summed E-state index contributed by atoms with van der Waals surface area (Å²) in [4.78, 5) is 2.58. The third-order valence-corrected chi connectivity index (χ3v) is 4.50. The number of nitrogens with two attached hydrogens (primary N) is 1. The summed E-state index contributed by atoms with van der Waals surface area (Å²) in [5.41, 5.74) is 7.59. The fraction of sp³-hybridized carbons (Fsp3) is 0.647. The van der Waals surface area contributed by atoms with E-state index in [1.54, 1.807) is 7.11 Å². The molecule has 20 heavy (non-hydrogen) atoms. The van der Waals surface area contributed by atoms with Crippen LogP contribution in [0.15, 0.2) is 24.3 Å². The van der Waals surface area contributed by atoms with Crippen LogP contribution in [0.5, 0.6) is 5.75 Å². The molecule has 0 amide bonds. The van der Waals surface area contributed by atoms with Crippen molar-refractivity contribution in [2.45, 2.75) is 51.7 Å². The highest BCUT2D eigenvalue weighted by Crippen LogP contribution is 2.33. The van der Waals surface area contributed by atoms with Crippen molar-refractivity contribution in [3.63, 3.8) is 0 Å². The van der Waals surface area contributed by atoms with Gasteiger partial charge in [-0.1, -0.05) is 19.1 Å². The van der Waals surface area contributed by atoms with E-state index < -0.39 is 0 Å². The minimum Gasteiger partial charge on any atom is -0.497 e. The average molecular weight is 276 g/mol. The highest BCUT2D eigenvalue weighted by Gasteiger charge is 2.31. The number of hydrogen-bond donors (Lipinski definition) is 1. The highest BCUT2D eigenvalue weighted by atomic mass is 16.5. The molecule has 112 valence electrons. The van der Waals surface area contributed by atoms with Crippen molar-refractivity contribution in [1.82, 2.24) is 4.90 Å². The first kappa shape index (κ1) is 15.3. The summed E-state index contributed by atoms with van der Waals surface area (Å²) in [5.74, 6) is 1.73. The molecule has 1 fully saturated rings. The number of rotatable bonds is 4. The van der Waals surface area contributed by atoms with Gasteiger partial charge in [-0.15, -0.1) is 0 Å². The molecule has 0 radical (unpaired) electrons. The third-order valence-electron chi connectivity index (χ3n) is 4.50. The quantitative estimate of drug-likeness (QED) is 0.917. The van der Waals surface area contributed by atoms with Gasteiger partial charge in [-0.2, -0.15) is 0 Å². The fourth-order valence-corrected chi connectivity index (χ4v) is 3.44. The summed E-state index contributed by atoms with van der Waals surface area (Å²) in [6.07, 6.45) is 2.53. The van der Waals surface area contributed by atoms with E-state index in [1.807, 2.05) is 12.1 Å². The highest BCUT2D eigenvalue weighted by molar-refractivity contribution is 5.30. The van der Waals surface area contributed by atoms with Crippen molar-refractivity contribution in [2.24, 2.45) is 11.7 Å². The van der Waals surface area contributed by atoms with Gasteiger partial charge in [-0.3, -0.25) is 4.90 Å². The lowest BCUT2D eigenvalue weighted by atomic mass is 9.89. The topological polar surface area (TPSA) is 38.5 Å². The van der Waals surface area contributed by atoms with Gasteiger partial charge in [0, 0.05) is 18.1 Å². The zero-order valence-corrected chi connectivity index (χ0v) is 13.2. The molecule has 2 N–H and O–H groups in total. The minimum atomic E-state index is 0.124. The molecule has 0 saturated carbocycles. The Morgan fingerprint density at radius 2 is 1.90 bits per heavy atom. The molecule has 3 heteroatoms. The molecule has 1 aliphatic rings. The SMILES string of the molecule is COc1ccc(C(C(C)N)N2CCC(C)CC2C)cc1. The smallest absolute Gasteiger partial charge is 0.118 e. The van der Waals surface area contributed by atoms with Gasteiger partial charge in [0.15, 0.2) is 0 Å². The first-order valence-corrected chi connectivity index (χ1v) is 7.68. The van der Waals surface area contributed by atoms with Crippen LogP contribution in [0.3, 0.4) is 0 Å². The third kappa shape index (κ3) is 3.33. The van der Waals surface area contributed by atoms with Crippen LogP contribution < -0.4 is 10.5 Å². The van der Waals surface area contributed by atoms with Crippen molar-refractivity contribution in [1.29, 1.82) is 0 Å². The lowest BCUT2D eigenvalue weighted by molar-refractivity contribution is 0.0708. The van der Waals surface area contributed by atoms with Crippen LogP contribution in [0.4, 0.5) is 0 Å². The molecule has 1 aliphatic heterocycles. The van der Waals surface area contributed by atoms with E-state index in [0.717, 1.165) is 18.2 Å². The summed E-state index contributed by atoms with van der Waals surface area (Å²) < 4.78 is 5.25. The Morgan fingerprint density at radius 3 is 2.40 bits per heavy atom. The van der Waals surface area contributed by atoms with Crippen molar-refractivity contribution < 1.29 is 4.74 Å². The summed E-state index contributed by atoms with van der Waals surface area (Å²) in [5, 5.41) is 0. The minimum absolute atomic E-state index is 0.124. The van der Waals surface area contributed by atoms with Crippen LogP contribution in [0.25, 0.3) is 0 Å². The van der Waals surface area contributed by atoms with E-state index in [0.29, 0.717) is 12.1 Å². The Hall–Kier alpha value is -1.06. The average Bonchev–Trinajstić information content (AvgIpc) is 2.42. The summed E-state index contributed by atoms with van der Waals surface area (Å²) >= 11 is 0. The van der Waals surface area contributed by atoms with Crippen LogP contribution in [-0.2, 0) is 0 Å². The molecule has 0 bridgehead atoms. The second kappa shape index (κ2) is 6.59. The maximum atomic E-state index is 6.29. The molecule has 4 unspecified atom stereocenters. The normalized spacial score (nSPS) is 27.1. The van der Waals surface area contributed by atoms with Crippen LogP contribution >= 0.6 is 0 Å². The molecular weight excluding hydrogens is 248 g/mol. The number of likely N-dealkylation sites (tertiary alicyclic amines) is 1. The first-order valence-electron chi connectivity index (χ1n) is 7.68. The van der Waals surface area contributed by atoms with Gasteiger partial charge < -0.3 is 10.5 Å². The monoisotopic (exact) mass is 276 g/mol. The van der Waals surface area contributed by atoms with E-state index in [-0.39, 0.29) is 6.04 Å². The first-order chi connectivity index (χ1) is 9.52. The number of ether oxygens (including phenoxy) is 1. The van der Waals surface area contributed by atoms with Gasteiger partial charge in [0.25, 0.3) is 0 Å². The predicted molar refractivity (Wildman–Crippen MR) is 84.0 cm³/mol. The Morgan fingerprint density at radius 1 is 1.25 bits per heavy atom. The maximum Gasteiger partial charge on any atom is 0.118 e. The summed E-state index contributed by atoms with van der Waals surface area (Å²) in [7, 11) is 1.70. The molecule has 0 aromatic heterocycles. The molecule has 0 spiro atoms. The van der Waals surface area contributed by atoms with Gasteiger partial charge in [0.2, 0.25) is 0 Å². The van der Waals surface area contributed by atoms with Crippen LogP contribution in [-0.4, -0.2) is 30.6 Å². The lowest BCUT2D eigenvalue weighted by Crippen LogP contribution is -2.47. The lowest BCUT2D eigenvalue weighted by Gasteiger charge is -2.43. The van der Waals surface area contributed by atoms with E-state index in [1.165, 1.54) is 18.4 Å². The van der Waals surface area contributed by atoms with Gasteiger partial charge in [-0.05, 0) is 56.8 Å². The number of methoxy groups -OCH3 is 1. The standard InChI is InChI=1S/C17H28N2O/c1-12-9-10-19(13(2)11-12)17(14(3)18)15-5-7-16(20-4)8-6-15/h5-8,12-14,17H,9-11,18H2,1-4H3. The molecule has 4 atom stereocenters. The Labute approximate surface area is 123 Å². The van der Waals surface area contributed by atoms with Gasteiger partial charge in [0.05, 0.1) is 7.11 Å². The molecule has 1 aromatic carbocycles. The second-order valence-electron chi connectivity index (χ2n) is 6.29. The number of benzene rings is 1. The van der Waals surface area contributed by atoms with Gasteiger partial charge in [0.1, 0.15) is 5.75 Å². The molecule has 0 aliphatic carbocycles. The molecule has 1 heterocycles. The predicted octanol–water partition coefficient (Wildman–Crippen LogP) is 3.20. The Kier molecular flexibility index (Phi) is 5.06. The van der Waals surface area contributed by atoms with E-state index in [9.17, 15) is 0 Å². The zero-order chi connectivity index (χ0) is 14.7. The van der Waals surface area contributed by atoms with Gasteiger partial charge >= 0.3 is 0 Å². The largest absolute Gasteiger partial charge is 0.497 e. The van der Waals surface area contributed by atoms with Gasteiger partial charge in [-0.25, -0.2) is 0 Å². The van der Waals surface area contributed by atoms with Crippen molar-refractivity contribution in [3.05, 3.63) is 29.8 Å². The molecular formula is C17H28N2O.